The number of hydrogen-bond acceptors (Lipinski definition) is 5. The maximum Gasteiger partial charge on any atom is 0.308 e. The molecule has 35 heavy (non-hydrogen) atoms. The van der Waals surface area contributed by atoms with Gasteiger partial charge < -0.3 is 19.6 Å². The van der Waals surface area contributed by atoms with Gasteiger partial charge in [-0.05, 0) is 62.5 Å². The van der Waals surface area contributed by atoms with Crippen molar-refractivity contribution in [3.05, 3.63) is 65.7 Å². The van der Waals surface area contributed by atoms with Crippen LogP contribution in [0, 0.1) is 0 Å². The molecule has 0 radical (unpaired) electrons. The zero-order valence-corrected chi connectivity index (χ0v) is 23.9. The molecule has 0 unspecified atom stereocenters. The number of carbonyl (C=O) groups is 1. The van der Waals surface area contributed by atoms with Gasteiger partial charge in [0.25, 0.3) is 0 Å². The lowest BCUT2D eigenvalue weighted by Crippen LogP contribution is -2.44. The lowest BCUT2D eigenvalue weighted by atomic mass is 9.87. The summed E-state index contributed by atoms with van der Waals surface area (Å²) in [6, 6.07) is 18.6. The van der Waals surface area contributed by atoms with E-state index < -0.39 is 13.9 Å². The van der Waals surface area contributed by atoms with Crippen LogP contribution < -0.4 is 10.2 Å². The summed E-state index contributed by atoms with van der Waals surface area (Å²) in [5, 5.41) is 0.101. The molecule has 0 spiro atoms. The van der Waals surface area contributed by atoms with Gasteiger partial charge in [-0.3, -0.25) is 4.79 Å². The van der Waals surface area contributed by atoms with Crippen molar-refractivity contribution >= 4 is 14.3 Å². The van der Waals surface area contributed by atoms with Gasteiger partial charge in [-0.25, -0.2) is 0 Å². The number of hydrogen-bond donors (Lipinski definition) is 1. The van der Waals surface area contributed by atoms with Gasteiger partial charge in [-0.1, -0.05) is 69.3 Å². The highest BCUT2D eigenvalue weighted by atomic mass is 28.4. The van der Waals surface area contributed by atoms with Crippen molar-refractivity contribution in [3.63, 3.8) is 0 Å². The molecule has 0 amide bonds. The van der Waals surface area contributed by atoms with Crippen molar-refractivity contribution in [1.29, 1.82) is 0 Å². The van der Waals surface area contributed by atoms with Gasteiger partial charge in [0, 0.05) is 12.5 Å². The number of para-hydroxylation sites is 1. The van der Waals surface area contributed by atoms with Crippen molar-refractivity contribution in [2.24, 2.45) is 5.73 Å². The molecule has 194 valence electrons. The first-order valence-electron chi connectivity index (χ1n) is 12.6. The summed E-state index contributed by atoms with van der Waals surface area (Å²) in [6.45, 7) is 17.5. The van der Waals surface area contributed by atoms with Crippen LogP contribution in [0.3, 0.4) is 0 Å². The summed E-state index contributed by atoms with van der Waals surface area (Å²) >= 11 is 0. The SMILES string of the molecule is CC(C)(C)OC(=O)CCO[C@H](CN)[C@H](Cc1ccccc1O[Si](C)(C)C(C)(C)C)c1ccccc1. The minimum atomic E-state index is -2.00. The Kier molecular flexibility index (Phi) is 10.1. The van der Waals surface area contributed by atoms with Gasteiger partial charge in [0.2, 0.25) is 8.32 Å². The van der Waals surface area contributed by atoms with Crippen LogP contribution in [0.1, 0.15) is 65.0 Å². The standard InChI is InChI=1S/C29H45NO4Si/c1-28(2,3)33-27(31)18-19-32-26(21-30)24(22-14-10-9-11-15-22)20-23-16-12-13-17-25(23)34-35(7,8)29(4,5)6/h9-17,24,26H,18-21,30H2,1-8H3/t24-,26-/m1/s1. The molecular weight excluding hydrogens is 454 g/mol. The fourth-order valence-electron chi connectivity index (χ4n) is 3.64. The number of rotatable bonds is 11. The molecule has 0 aliphatic rings. The van der Waals surface area contributed by atoms with Gasteiger partial charge in [-0.15, -0.1) is 0 Å². The lowest BCUT2D eigenvalue weighted by molar-refractivity contribution is -0.156. The van der Waals surface area contributed by atoms with Crippen LogP contribution in [0.5, 0.6) is 5.75 Å². The highest BCUT2D eigenvalue weighted by molar-refractivity contribution is 6.74. The van der Waals surface area contributed by atoms with E-state index in [2.05, 4.69) is 64.2 Å². The number of nitrogens with two attached hydrogens (primary N) is 1. The van der Waals surface area contributed by atoms with Crippen LogP contribution >= 0.6 is 0 Å². The van der Waals surface area contributed by atoms with Crippen LogP contribution in [0.25, 0.3) is 0 Å². The Bertz CT molecular complexity index is 932. The number of ether oxygens (including phenoxy) is 2. The van der Waals surface area contributed by atoms with E-state index in [9.17, 15) is 4.79 Å². The second kappa shape index (κ2) is 12.2. The van der Waals surface area contributed by atoms with Crippen LogP contribution in [0.4, 0.5) is 0 Å². The summed E-state index contributed by atoms with van der Waals surface area (Å²) in [4.78, 5) is 12.2. The summed E-state index contributed by atoms with van der Waals surface area (Å²) in [5.74, 6) is 0.686. The molecule has 2 rings (SSSR count). The number of carbonyl (C=O) groups excluding carboxylic acids is 1. The summed E-state index contributed by atoms with van der Waals surface area (Å²) in [7, 11) is -2.00. The van der Waals surface area contributed by atoms with Crippen LogP contribution in [-0.4, -0.2) is 39.1 Å². The van der Waals surface area contributed by atoms with E-state index >= 15 is 0 Å². The molecule has 5 nitrogen and oxygen atoms in total. The summed E-state index contributed by atoms with van der Waals surface area (Å²) in [6.07, 6.45) is 0.671. The average Bonchev–Trinajstić information content (AvgIpc) is 2.75. The van der Waals surface area contributed by atoms with E-state index in [-0.39, 0.29) is 36.1 Å². The molecule has 0 saturated heterocycles. The van der Waals surface area contributed by atoms with Crippen molar-refractivity contribution < 1.29 is 18.7 Å². The average molecular weight is 500 g/mol. The third kappa shape index (κ3) is 9.10. The highest BCUT2D eigenvalue weighted by Gasteiger charge is 2.39. The second-order valence-electron chi connectivity index (χ2n) is 11.7. The predicted octanol–water partition coefficient (Wildman–Crippen LogP) is 6.47. The molecule has 0 fully saturated rings. The van der Waals surface area contributed by atoms with E-state index in [1.807, 2.05) is 45.0 Å². The Morgan fingerprint density at radius 1 is 0.943 bits per heavy atom. The maximum absolute atomic E-state index is 12.2. The second-order valence-corrected chi connectivity index (χ2v) is 16.4. The molecular formula is C29H45NO4Si. The van der Waals surface area contributed by atoms with Crippen molar-refractivity contribution in [2.45, 2.75) is 90.1 Å². The normalized spacial score (nSPS) is 14.3. The minimum Gasteiger partial charge on any atom is -0.543 e. The first kappa shape index (κ1) is 29.1. The predicted molar refractivity (Wildman–Crippen MR) is 146 cm³/mol. The first-order valence-corrected chi connectivity index (χ1v) is 15.5. The smallest absolute Gasteiger partial charge is 0.308 e. The Morgan fingerprint density at radius 2 is 1.54 bits per heavy atom. The fourth-order valence-corrected chi connectivity index (χ4v) is 4.69. The van der Waals surface area contributed by atoms with Crippen LogP contribution in [0.15, 0.2) is 54.6 Å². The van der Waals surface area contributed by atoms with Crippen LogP contribution in [-0.2, 0) is 20.7 Å². The number of esters is 1. The Morgan fingerprint density at radius 3 is 2.11 bits per heavy atom. The Hall–Kier alpha value is -2.15. The maximum atomic E-state index is 12.2. The van der Waals surface area contributed by atoms with E-state index in [0.29, 0.717) is 6.54 Å². The molecule has 0 heterocycles. The van der Waals surface area contributed by atoms with Crippen molar-refractivity contribution in [2.75, 3.05) is 13.2 Å². The molecule has 0 saturated carbocycles. The van der Waals surface area contributed by atoms with E-state index in [4.69, 9.17) is 19.6 Å². The Labute approximate surface area is 213 Å². The number of benzene rings is 2. The van der Waals surface area contributed by atoms with Gasteiger partial charge in [-0.2, -0.15) is 0 Å². The third-order valence-corrected chi connectivity index (χ3v) is 10.9. The molecule has 0 bridgehead atoms. The monoisotopic (exact) mass is 499 g/mol. The fraction of sp³-hybridized carbons (Fsp3) is 0.552. The molecule has 0 aliphatic carbocycles. The molecule has 2 aromatic carbocycles. The first-order chi connectivity index (χ1) is 16.2. The van der Waals surface area contributed by atoms with Gasteiger partial charge in [0.05, 0.1) is 19.1 Å². The molecule has 6 heteroatoms. The lowest BCUT2D eigenvalue weighted by Gasteiger charge is -2.37. The molecule has 0 aromatic heterocycles. The summed E-state index contributed by atoms with van der Waals surface area (Å²) < 4.78 is 18.3. The zero-order chi connectivity index (χ0) is 26.3. The quantitative estimate of drug-likeness (QED) is 0.283. The topological polar surface area (TPSA) is 70.8 Å². The van der Waals surface area contributed by atoms with E-state index in [0.717, 1.165) is 23.3 Å². The van der Waals surface area contributed by atoms with Gasteiger partial charge in [0.15, 0.2) is 0 Å². The van der Waals surface area contributed by atoms with Gasteiger partial charge in [0.1, 0.15) is 11.4 Å². The molecule has 2 aromatic rings. The highest BCUT2D eigenvalue weighted by Crippen LogP contribution is 2.39. The zero-order valence-electron chi connectivity index (χ0n) is 22.9. The van der Waals surface area contributed by atoms with Crippen molar-refractivity contribution in [1.82, 2.24) is 0 Å². The summed E-state index contributed by atoms with van der Waals surface area (Å²) in [5.41, 5.74) is 8.00. The van der Waals surface area contributed by atoms with E-state index in [1.54, 1.807) is 0 Å². The third-order valence-electron chi connectivity index (χ3n) is 6.55. The van der Waals surface area contributed by atoms with Crippen LogP contribution in [0.2, 0.25) is 18.1 Å². The largest absolute Gasteiger partial charge is 0.543 e. The molecule has 2 atom stereocenters. The minimum absolute atomic E-state index is 0.0176. The molecule has 2 N–H and O–H groups in total. The van der Waals surface area contributed by atoms with Gasteiger partial charge >= 0.3 is 5.97 Å². The Balaban J connectivity index is 2.26. The van der Waals surface area contributed by atoms with E-state index in [1.165, 1.54) is 0 Å². The molecule has 0 aliphatic heterocycles. The van der Waals surface area contributed by atoms with Crippen molar-refractivity contribution in [3.8, 4) is 5.75 Å².